The van der Waals surface area contributed by atoms with Crippen LogP contribution in [0, 0.1) is 0 Å². The molecule has 2 N–H and O–H groups in total. The average Bonchev–Trinajstić information content (AvgIpc) is 2.42. The van der Waals surface area contributed by atoms with Crippen LogP contribution >= 0.6 is 15.9 Å². The summed E-state index contributed by atoms with van der Waals surface area (Å²) >= 11 is 3.24. The fourth-order valence-electron chi connectivity index (χ4n) is 1.37. The number of amides is 1. The predicted molar refractivity (Wildman–Crippen MR) is 71.1 cm³/mol. The Bertz CT molecular complexity index is 631. The topological polar surface area (TPSA) is 92.2 Å². The van der Waals surface area contributed by atoms with Gasteiger partial charge in [-0.1, -0.05) is 0 Å². The lowest BCUT2D eigenvalue weighted by molar-refractivity contribution is 0.0696. The van der Waals surface area contributed by atoms with Gasteiger partial charge in [-0.05, 0) is 40.2 Å². The lowest BCUT2D eigenvalue weighted by Gasteiger charge is -2.08. The zero-order valence-corrected chi connectivity index (χ0v) is 11.1. The van der Waals surface area contributed by atoms with Gasteiger partial charge in [0.25, 0.3) is 5.91 Å². The van der Waals surface area contributed by atoms with Crippen LogP contribution in [-0.4, -0.2) is 27.2 Å². The number of hydrogen-bond acceptors (Lipinski definition) is 4. The van der Waals surface area contributed by atoms with Crippen molar-refractivity contribution in [2.75, 3.05) is 5.32 Å². The third-order valence-electron chi connectivity index (χ3n) is 2.31. The van der Waals surface area contributed by atoms with Gasteiger partial charge in [0.15, 0.2) is 0 Å². The monoisotopic (exact) mass is 321 g/mol. The van der Waals surface area contributed by atoms with Crippen molar-refractivity contribution in [3.05, 3.63) is 52.3 Å². The number of carboxylic acid groups (broad SMARTS) is 1. The maximum atomic E-state index is 11.9. The molecule has 0 aliphatic rings. The highest BCUT2D eigenvalue weighted by molar-refractivity contribution is 9.10. The number of benzene rings is 1. The van der Waals surface area contributed by atoms with Crippen molar-refractivity contribution in [3.8, 4) is 0 Å². The molecule has 96 valence electrons. The van der Waals surface area contributed by atoms with E-state index in [1.54, 1.807) is 6.07 Å². The summed E-state index contributed by atoms with van der Waals surface area (Å²) in [7, 11) is 0. The third-order valence-corrected chi connectivity index (χ3v) is 3.00. The molecule has 2 aromatic rings. The van der Waals surface area contributed by atoms with Crippen molar-refractivity contribution in [2.45, 2.75) is 0 Å². The molecule has 1 heterocycles. The number of anilines is 1. The lowest BCUT2D eigenvalue weighted by Crippen LogP contribution is -2.13. The van der Waals surface area contributed by atoms with Crippen molar-refractivity contribution in [1.82, 2.24) is 10.2 Å². The van der Waals surface area contributed by atoms with Gasteiger partial charge in [-0.15, -0.1) is 0 Å². The van der Waals surface area contributed by atoms with Gasteiger partial charge in [-0.3, -0.25) is 4.79 Å². The normalized spacial score (nSPS) is 9.95. The fourth-order valence-corrected chi connectivity index (χ4v) is 1.72. The van der Waals surface area contributed by atoms with E-state index in [4.69, 9.17) is 5.11 Å². The summed E-state index contributed by atoms with van der Waals surface area (Å²) in [6.45, 7) is 0. The highest BCUT2D eigenvalue weighted by atomic mass is 79.9. The summed E-state index contributed by atoms with van der Waals surface area (Å²) < 4.78 is 0.591. The molecule has 0 unspecified atom stereocenters. The van der Waals surface area contributed by atoms with Gasteiger partial charge in [0, 0.05) is 4.47 Å². The zero-order valence-electron chi connectivity index (χ0n) is 9.50. The molecule has 0 atom stereocenters. The summed E-state index contributed by atoms with van der Waals surface area (Å²) in [6.07, 6.45) is 2.72. The lowest BCUT2D eigenvalue weighted by atomic mass is 10.2. The average molecular weight is 322 g/mol. The van der Waals surface area contributed by atoms with Crippen molar-refractivity contribution < 1.29 is 14.7 Å². The first-order valence-electron chi connectivity index (χ1n) is 5.19. The van der Waals surface area contributed by atoms with Gasteiger partial charge >= 0.3 is 5.97 Å². The number of aromatic carboxylic acids is 1. The Hall–Kier alpha value is -2.28. The smallest absolute Gasteiger partial charge is 0.335 e. The number of hydrogen-bond donors (Lipinski definition) is 2. The first-order valence-corrected chi connectivity index (χ1v) is 5.98. The van der Waals surface area contributed by atoms with E-state index >= 15 is 0 Å². The number of aromatic nitrogens is 2. The molecular weight excluding hydrogens is 314 g/mol. The van der Waals surface area contributed by atoms with Crippen molar-refractivity contribution >= 4 is 33.5 Å². The van der Waals surface area contributed by atoms with Crippen LogP contribution in [-0.2, 0) is 0 Å². The maximum absolute atomic E-state index is 11.9. The van der Waals surface area contributed by atoms with Crippen LogP contribution < -0.4 is 5.32 Å². The summed E-state index contributed by atoms with van der Waals surface area (Å²) in [5.41, 5.74) is 0.802. The second-order valence-corrected chi connectivity index (χ2v) is 4.44. The summed E-state index contributed by atoms with van der Waals surface area (Å²) in [5, 5.41) is 18.7. The van der Waals surface area contributed by atoms with Crippen LogP contribution in [0.2, 0.25) is 0 Å². The van der Waals surface area contributed by atoms with Crippen LogP contribution in [0.25, 0.3) is 0 Å². The number of carbonyl (C=O) groups excluding carboxylic acids is 1. The van der Waals surface area contributed by atoms with Crippen molar-refractivity contribution in [1.29, 1.82) is 0 Å². The molecule has 0 saturated carbocycles. The van der Waals surface area contributed by atoms with E-state index in [9.17, 15) is 9.59 Å². The van der Waals surface area contributed by atoms with Crippen LogP contribution in [0.1, 0.15) is 20.7 Å². The second kappa shape index (κ2) is 5.57. The second-order valence-electron chi connectivity index (χ2n) is 3.59. The molecule has 19 heavy (non-hydrogen) atoms. The minimum atomic E-state index is -1.06. The highest BCUT2D eigenvalue weighted by Crippen LogP contribution is 2.24. The van der Waals surface area contributed by atoms with Crippen LogP contribution in [0.3, 0.4) is 0 Å². The van der Waals surface area contributed by atoms with E-state index in [0.29, 0.717) is 15.7 Å². The zero-order chi connectivity index (χ0) is 13.8. The van der Waals surface area contributed by atoms with Crippen LogP contribution in [0.15, 0.2) is 41.1 Å². The molecular formula is C12H8BrN3O3. The Morgan fingerprint density at radius 2 is 1.95 bits per heavy atom. The number of nitrogens with one attached hydrogen (secondary N) is 1. The van der Waals surface area contributed by atoms with Gasteiger partial charge in [-0.25, -0.2) is 4.79 Å². The minimum Gasteiger partial charge on any atom is -0.478 e. The first-order chi connectivity index (χ1) is 9.08. The molecule has 0 bridgehead atoms. The molecule has 0 aliphatic heterocycles. The molecule has 0 saturated heterocycles. The molecule has 1 amide bonds. The van der Waals surface area contributed by atoms with Gasteiger partial charge in [0.2, 0.25) is 0 Å². The molecule has 7 heteroatoms. The van der Waals surface area contributed by atoms with Gasteiger partial charge in [-0.2, -0.15) is 10.2 Å². The third kappa shape index (κ3) is 3.14. The summed E-state index contributed by atoms with van der Waals surface area (Å²) in [4.78, 5) is 22.8. The summed E-state index contributed by atoms with van der Waals surface area (Å²) in [5.74, 6) is -1.45. The van der Waals surface area contributed by atoms with Gasteiger partial charge in [0.05, 0.1) is 29.2 Å². The molecule has 0 aliphatic carbocycles. The van der Waals surface area contributed by atoms with Crippen LogP contribution in [0.5, 0.6) is 0 Å². The number of halogens is 1. The molecule has 1 aromatic heterocycles. The largest absolute Gasteiger partial charge is 0.478 e. The quantitative estimate of drug-likeness (QED) is 0.904. The maximum Gasteiger partial charge on any atom is 0.335 e. The van der Waals surface area contributed by atoms with E-state index in [2.05, 4.69) is 31.4 Å². The van der Waals surface area contributed by atoms with Crippen molar-refractivity contribution in [2.24, 2.45) is 0 Å². The Morgan fingerprint density at radius 3 is 2.58 bits per heavy atom. The predicted octanol–water partition coefficient (Wildman–Crippen LogP) is 2.19. The molecule has 1 aromatic carbocycles. The van der Waals surface area contributed by atoms with Gasteiger partial charge < -0.3 is 10.4 Å². The number of carbonyl (C=O) groups is 2. The van der Waals surface area contributed by atoms with Gasteiger partial charge in [0.1, 0.15) is 0 Å². The Morgan fingerprint density at radius 1 is 1.16 bits per heavy atom. The molecule has 6 nitrogen and oxygen atoms in total. The Labute approximate surface area is 116 Å². The Kier molecular flexibility index (Phi) is 3.86. The fraction of sp³-hybridized carbons (Fsp3) is 0. The number of carboxylic acids is 1. The van der Waals surface area contributed by atoms with Crippen LogP contribution in [0.4, 0.5) is 5.69 Å². The van der Waals surface area contributed by atoms with E-state index in [1.807, 2.05) is 0 Å². The van der Waals surface area contributed by atoms with Crippen molar-refractivity contribution in [3.63, 3.8) is 0 Å². The summed E-state index contributed by atoms with van der Waals surface area (Å²) in [6, 6.07) is 5.89. The van der Waals surface area contributed by atoms with E-state index in [-0.39, 0.29) is 5.56 Å². The molecule has 2 rings (SSSR count). The number of nitrogens with zero attached hydrogens (tertiary/aromatic N) is 2. The molecule has 0 radical (unpaired) electrons. The van der Waals surface area contributed by atoms with E-state index < -0.39 is 11.9 Å². The highest BCUT2D eigenvalue weighted by Gasteiger charge is 2.11. The minimum absolute atomic E-state index is 0.0892. The van der Waals surface area contributed by atoms with E-state index in [0.717, 1.165) is 0 Å². The molecule has 0 fully saturated rings. The SMILES string of the molecule is O=C(O)c1ccc(Br)c(NC(=O)c2ccnnc2)c1. The first kappa shape index (κ1) is 13.2. The molecule has 0 spiro atoms. The standard InChI is InChI=1S/C12H8BrN3O3/c13-9-2-1-7(12(18)19)5-10(9)16-11(17)8-3-4-14-15-6-8/h1-6H,(H,16,17)(H,18,19). The number of rotatable bonds is 3. The van der Waals surface area contributed by atoms with E-state index in [1.165, 1.54) is 30.6 Å². The Balaban J connectivity index is 2.26.